The molecule has 0 radical (unpaired) electrons. The van der Waals surface area contributed by atoms with Gasteiger partial charge in [0, 0.05) is 52.6 Å². The van der Waals surface area contributed by atoms with E-state index in [0.717, 1.165) is 62.9 Å². The number of benzene rings is 4. The van der Waals surface area contributed by atoms with Crippen LogP contribution in [0.5, 0.6) is 5.88 Å². The van der Waals surface area contributed by atoms with Gasteiger partial charge in [-0.2, -0.15) is 0 Å². The highest BCUT2D eigenvalue weighted by atomic mass is 79.9. The molecule has 6 nitrogen and oxygen atoms in total. The number of pyridine rings is 1. The minimum Gasteiger partial charge on any atom is -0.481 e. The second-order valence-electron chi connectivity index (χ2n) is 15.0. The summed E-state index contributed by atoms with van der Waals surface area (Å²) in [6.07, 6.45) is 6.51. The van der Waals surface area contributed by atoms with Crippen LogP contribution in [-0.4, -0.2) is 89.8 Å². The number of methoxy groups -OCH3 is 1. The van der Waals surface area contributed by atoms with E-state index >= 15 is 0 Å². The molecule has 4 unspecified atom stereocenters. The van der Waals surface area contributed by atoms with E-state index in [2.05, 4.69) is 117 Å². The summed E-state index contributed by atoms with van der Waals surface area (Å²) in [7, 11) is 3.94. The lowest BCUT2D eigenvalue weighted by atomic mass is 9.71. The number of ether oxygens (including phenoxy) is 1. The average Bonchev–Trinajstić information content (AvgIpc) is 3.75. The number of aromatic nitrogens is 1. The van der Waals surface area contributed by atoms with Crippen molar-refractivity contribution in [3.05, 3.63) is 118 Å². The number of halogens is 1. The van der Waals surface area contributed by atoms with E-state index in [1.807, 2.05) is 18.2 Å². The molecule has 4 aromatic carbocycles. The van der Waals surface area contributed by atoms with Crippen LogP contribution in [0, 0.1) is 0 Å². The zero-order valence-electron chi connectivity index (χ0n) is 29.3. The fourth-order valence-corrected chi connectivity index (χ4v) is 9.70. The highest BCUT2D eigenvalue weighted by molar-refractivity contribution is 9.10. The third kappa shape index (κ3) is 6.59. The lowest BCUT2D eigenvalue weighted by Gasteiger charge is -2.42. The van der Waals surface area contributed by atoms with Gasteiger partial charge in [0.15, 0.2) is 0 Å². The summed E-state index contributed by atoms with van der Waals surface area (Å²) < 4.78 is 7.01. The smallest absolute Gasteiger partial charge is 0.217 e. The molecule has 0 spiro atoms. The second kappa shape index (κ2) is 14.4. The average molecular weight is 734 g/mol. The second-order valence-corrected chi connectivity index (χ2v) is 15.9. The van der Waals surface area contributed by atoms with E-state index in [1.54, 1.807) is 7.11 Å². The Morgan fingerprint density at radius 1 is 0.840 bits per heavy atom. The van der Waals surface area contributed by atoms with Gasteiger partial charge in [0.2, 0.25) is 5.88 Å². The van der Waals surface area contributed by atoms with Crippen LogP contribution in [0.3, 0.4) is 0 Å². The van der Waals surface area contributed by atoms with Crippen molar-refractivity contribution in [2.75, 3.05) is 46.9 Å². The Kier molecular flexibility index (Phi) is 9.70. The summed E-state index contributed by atoms with van der Waals surface area (Å²) in [4.78, 5) is 13.1. The zero-order chi connectivity index (χ0) is 34.2. The number of hydrogen-bond donors (Lipinski definition) is 1. The van der Waals surface area contributed by atoms with Gasteiger partial charge in [-0.15, -0.1) is 0 Å². The largest absolute Gasteiger partial charge is 0.481 e. The Hall–Kier alpha value is -3.33. The minimum absolute atomic E-state index is 0.401. The van der Waals surface area contributed by atoms with Gasteiger partial charge in [0.05, 0.1) is 12.6 Å². The summed E-state index contributed by atoms with van der Waals surface area (Å²) in [5, 5.41) is 16.7. The van der Waals surface area contributed by atoms with E-state index in [1.165, 1.54) is 50.8 Å². The first-order chi connectivity index (χ1) is 24.4. The van der Waals surface area contributed by atoms with Crippen molar-refractivity contribution in [2.45, 2.75) is 68.2 Å². The number of fused-ring (bicyclic) bond motifs is 4. The van der Waals surface area contributed by atoms with Crippen LogP contribution in [0.4, 0.5) is 0 Å². The van der Waals surface area contributed by atoms with Crippen LogP contribution in [0.15, 0.2) is 102 Å². The standard InChI is InChI=1S/C43H49BrN4O2/c1-46-22-18-36(19-23-46)48-29-37-27-38(48)28-47(37)21-9-8-20-43(49,34-15-14-30-10-6-7-13-32(30)24-34)41(31-11-4-3-5-12-31)39-26-33-25-35(44)16-17-40(33)45-42(39)50-2/h3-7,10-17,24-26,36-38,41,49H,8-9,18-23,27-29H2,1-2H3. The lowest BCUT2D eigenvalue weighted by molar-refractivity contribution is 0.00586. The molecule has 50 heavy (non-hydrogen) atoms. The summed E-state index contributed by atoms with van der Waals surface area (Å²) in [6, 6.07) is 35.8. The third-order valence-electron chi connectivity index (χ3n) is 11.9. The molecule has 0 aliphatic carbocycles. The monoisotopic (exact) mass is 732 g/mol. The fraction of sp³-hybridized carbons (Fsp3) is 0.419. The number of aliphatic hydroxyl groups is 1. The topological polar surface area (TPSA) is 52.1 Å². The number of hydrogen-bond acceptors (Lipinski definition) is 6. The van der Waals surface area contributed by atoms with Gasteiger partial charge in [-0.05, 0) is 117 Å². The van der Waals surface area contributed by atoms with Crippen molar-refractivity contribution in [1.82, 2.24) is 19.7 Å². The van der Waals surface area contributed by atoms with Gasteiger partial charge < -0.3 is 14.7 Å². The Morgan fingerprint density at radius 2 is 1.62 bits per heavy atom. The van der Waals surface area contributed by atoms with Crippen molar-refractivity contribution < 1.29 is 9.84 Å². The van der Waals surface area contributed by atoms with Crippen LogP contribution in [-0.2, 0) is 5.60 Å². The molecule has 3 saturated heterocycles. The molecule has 260 valence electrons. The summed E-state index contributed by atoms with van der Waals surface area (Å²) in [5.74, 6) is 0.150. The minimum atomic E-state index is -1.21. The molecule has 8 rings (SSSR count). The number of piperazine rings is 1. The van der Waals surface area contributed by atoms with Gasteiger partial charge in [-0.3, -0.25) is 9.80 Å². The molecule has 3 aliphatic heterocycles. The third-order valence-corrected chi connectivity index (χ3v) is 12.4. The molecule has 0 saturated carbocycles. The lowest BCUT2D eigenvalue weighted by Crippen LogP contribution is -2.53. The molecule has 4 heterocycles. The molecule has 0 amide bonds. The highest BCUT2D eigenvalue weighted by Gasteiger charge is 2.46. The molecule has 4 atom stereocenters. The van der Waals surface area contributed by atoms with Crippen LogP contribution >= 0.6 is 15.9 Å². The molecule has 5 aromatic rings. The maximum absolute atomic E-state index is 13.4. The highest BCUT2D eigenvalue weighted by Crippen LogP contribution is 2.48. The van der Waals surface area contributed by atoms with E-state index in [-0.39, 0.29) is 0 Å². The Labute approximate surface area is 305 Å². The number of unbranched alkanes of at least 4 members (excludes halogenated alkanes) is 1. The van der Waals surface area contributed by atoms with Crippen molar-refractivity contribution >= 4 is 37.6 Å². The van der Waals surface area contributed by atoms with Crippen molar-refractivity contribution in [3.63, 3.8) is 0 Å². The van der Waals surface area contributed by atoms with E-state index in [9.17, 15) is 5.11 Å². The zero-order valence-corrected chi connectivity index (χ0v) is 30.9. The first-order valence-electron chi connectivity index (χ1n) is 18.5. The van der Waals surface area contributed by atoms with E-state index < -0.39 is 11.5 Å². The summed E-state index contributed by atoms with van der Waals surface area (Å²) in [6.45, 7) is 5.95. The summed E-state index contributed by atoms with van der Waals surface area (Å²) in [5.41, 5.74) is 2.52. The predicted molar refractivity (Wildman–Crippen MR) is 207 cm³/mol. The quantitative estimate of drug-likeness (QED) is 0.138. The Morgan fingerprint density at radius 3 is 2.38 bits per heavy atom. The number of rotatable bonds is 11. The first kappa shape index (κ1) is 33.8. The predicted octanol–water partition coefficient (Wildman–Crippen LogP) is 8.20. The summed E-state index contributed by atoms with van der Waals surface area (Å²) >= 11 is 3.66. The molecule has 1 N–H and O–H groups in total. The van der Waals surface area contributed by atoms with Crippen molar-refractivity contribution in [3.8, 4) is 5.88 Å². The number of nitrogens with zero attached hydrogens (tertiary/aromatic N) is 4. The SMILES string of the molecule is COc1nc2ccc(Br)cc2cc1C(c1ccccc1)C(O)(CCCCN1CC2CC1CN2C1CCN(C)CC1)c1ccc2ccccc2c1. The van der Waals surface area contributed by atoms with Gasteiger partial charge >= 0.3 is 0 Å². The van der Waals surface area contributed by atoms with E-state index in [0.29, 0.717) is 24.4 Å². The molecule has 7 heteroatoms. The van der Waals surface area contributed by atoms with Gasteiger partial charge in [-0.1, -0.05) is 82.7 Å². The van der Waals surface area contributed by atoms with Gasteiger partial charge in [0.1, 0.15) is 5.60 Å². The normalized spacial score (nSPS) is 22.3. The fourth-order valence-electron chi connectivity index (χ4n) is 9.33. The van der Waals surface area contributed by atoms with Crippen LogP contribution in [0.25, 0.3) is 21.7 Å². The van der Waals surface area contributed by atoms with Gasteiger partial charge in [-0.25, -0.2) is 4.98 Å². The maximum Gasteiger partial charge on any atom is 0.217 e. The van der Waals surface area contributed by atoms with Crippen LogP contribution in [0.2, 0.25) is 0 Å². The molecule has 1 aromatic heterocycles. The van der Waals surface area contributed by atoms with Crippen LogP contribution < -0.4 is 4.74 Å². The Bertz CT molecular complexity index is 1950. The Balaban J connectivity index is 1.10. The molecular formula is C43H49BrN4O2. The molecule has 3 aliphatic rings. The van der Waals surface area contributed by atoms with Crippen molar-refractivity contribution in [2.24, 2.45) is 0 Å². The molecular weight excluding hydrogens is 684 g/mol. The van der Waals surface area contributed by atoms with E-state index in [4.69, 9.17) is 9.72 Å². The van der Waals surface area contributed by atoms with Crippen LogP contribution in [0.1, 0.15) is 61.1 Å². The first-order valence-corrected chi connectivity index (χ1v) is 19.3. The number of piperidine rings is 1. The van der Waals surface area contributed by atoms with Gasteiger partial charge in [0.25, 0.3) is 0 Å². The molecule has 3 fully saturated rings. The van der Waals surface area contributed by atoms with Crippen molar-refractivity contribution in [1.29, 1.82) is 0 Å². The molecule has 2 bridgehead atoms. The maximum atomic E-state index is 13.4. The number of likely N-dealkylation sites (tertiary alicyclic amines) is 3.